The maximum atomic E-state index is 4.69. The predicted octanol–water partition coefficient (Wildman–Crippen LogP) is 3.96. The predicted molar refractivity (Wildman–Crippen MR) is 130 cm³/mol. The highest BCUT2D eigenvalue weighted by Gasteiger charge is 2.30. The first-order valence-corrected chi connectivity index (χ1v) is 11.4. The van der Waals surface area contributed by atoms with Crippen LogP contribution in [0.5, 0.6) is 0 Å². The molecule has 0 amide bonds. The maximum Gasteiger partial charge on any atom is 0.333 e. The van der Waals surface area contributed by atoms with Crippen LogP contribution in [-0.4, -0.2) is 40.2 Å². The van der Waals surface area contributed by atoms with Crippen molar-refractivity contribution in [3.8, 4) is 0 Å². The molecule has 3 aromatic heterocycles. The van der Waals surface area contributed by atoms with Gasteiger partial charge in [-0.15, -0.1) is 0 Å². The summed E-state index contributed by atoms with van der Waals surface area (Å²) in [4.78, 5) is 16.4. The number of allylic oxidation sites excluding steroid dienone is 1. The third kappa shape index (κ3) is 5.29. The molecule has 0 N–H and O–H groups in total. The molecule has 0 unspecified atom stereocenters. The van der Waals surface area contributed by atoms with E-state index in [1.165, 1.54) is 43.3 Å². The van der Waals surface area contributed by atoms with E-state index in [4.69, 9.17) is 0 Å². The molecular formula is C26H31BN4. The Balaban J connectivity index is 1.70. The van der Waals surface area contributed by atoms with Crippen LogP contribution in [0.2, 0.25) is 0 Å². The van der Waals surface area contributed by atoms with Crippen LogP contribution in [0.1, 0.15) is 44.7 Å². The Morgan fingerprint density at radius 3 is 1.94 bits per heavy atom. The standard InChI is InChI=1S/C26H31BN4/c1-21(24-14-6-9-17-28-24)23(22-12-4-3-5-13-22)20-31(2)27(25-15-7-10-18-29-25)26-16-8-11-19-30-26/h6-11,14-19,22H,3-5,12-13,20H2,1-2H3/b23-21-. The molecule has 0 saturated heterocycles. The lowest BCUT2D eigenvalue weighted by atomic mass is 9.53. The molecule has 0 atom stereocenters. The van der Waals surface area contributed by atoms with Crippen molar-refractivity contribution in [2.75, 3.05) is 13.6 Å². The first-order chi connectivity index (χ1) is 15.2. The molecule has 0 radical (unpaired) electrons. The number of aromatic nitrogens is 3. The minimum Gasteiger partial charge on any atom is -0.331 e. The first kappa shape index (κ1) is 21.4. The van der Waals surface area contributed by atoms with Gasteiger partial charge in [-0.3, -0.25) is 15.0 Å². The van der Waals surface area contributed by atoms with Gasteiger partial charge in [0, 0.05) is 36.3 Å². The van der Waals surface area contributed by atoms with Crippen LogP contribution >= 0.6 is 0 Å². The Bertz CT molecular complexity index is 931. The third-order valence-electron chi connectivity index (χ3n) is 6.43. The summed E-state index contributed by atoms with van der Waals surface area (Å²) < 4.78 is 0. The summed E-state index contributed by atoms with van der Waals surface area (Å²) in [5.41, 5.74) is 5.98. The van der Waals surface area contributed by atoms with Crippen molar-refractivity contribution in [2.45, 2.75) is 39.0 Å². The van der Waals surface area contributed by atoms with Crippen LogP contribution in [0.4, 0.5) is 0 Å². The van der Waals surface area contributed by atoms with Crippen molar-refractivity contribution in [3.05, 3.63) is 84.5 Å². The van der Waals surface area contributed by atoms with Crippen LogP contribution in [0.25, 0.3) is 5.57 Å². The lowest BCUT2D eigenvalue weighted by Gasteiger charge is -2.32. The van der Waals surface area contributed by atoms with Gasteiger partial charge >= 0.3 is 6.85 Å². The van der Waals surface area contributed by atoms with E-state index in [1.54, 1.807) is 0 Å². The second-order valence-corrected chi connectivity index (χ2v) is 8.53. The van der Waals surface area contributed by atoms with Gasteiger partial charge in [0.05, 0.1) is 5.69 Å². The summed E-state index contributed by atoms with van der Waals surface area (Å²) in [6, 6.07) is 18.5. The number of likely N-dealkylation sites (N-methyl/N-ethyl adjacent to an activating group) is 1. The second kappa shape index (κ2) is 10.5. The van der Waals surface area contributed by atoms with Crippen LogP contribution < -0.4 is 11.2 Å². The van der Waals surface area contributed by atoms with Gasteiger partial charge in [0.1, 0.15) is 0 Å². The summed E-state index contributed by atoms with van der Waals surface area (Å²) in [6.07, 6.45) is 12.2. The quantitative estimate of drug-likeness (QED) is 0.553. The molecular weight excluding hydrogens is 379 g/mol. The van der Waals surface area contributed by atoms with E-state index in [9.17, 15) is 0 Å². The number of rotatable bonds is 7. The van der Waals surface area contributed by atoms with Crippen molar-refractivity contribution >= 4 is 23.6 Å². The molecule has 4 rings (SSSR count). The van der Waals surface area contributed by atoms with Gasteiger partial charge in [0.25, 0.3) is 0 Å². The van der Waals surface area contributed by atoms with Gasteiger partial charge < -0.3 is 4.81 Å². The molecule has 0 aliphatic heterocycles. The molecule has 3 aromatic rings. The van der Waals surface area contributed by atoms with Gasteiger partial charge in [-0.05, 0) is 80.3 Å². The second-order valence-electron chi connectivity index (χ2n) is 8.53. The fourth-order valence-electron chi connectivity index (χ4n) is 4.79. The Morgan fingerprint density at radius 2 is 1.42 bits per heavy atom. The van der Waals surface area contributed by atoms with E-state index in [1.807, 2.05) is 36.8 Å². The molecule has 0 spiro atoms. The third-order valence-corrected chi connectivity index (χ3v) is 6.43. The summed E-state index contributed by atoms with van der Waals surface area (Å²) in [5, 5.41) is 0. The average Bonchev–Trinajstić information content (AvgIpc) is 2.85. The molecule has 3 heterocycles. The Hall–Kier alpha value is -2.79. The van der Waals surface area contributed by atoms with Crippen molar-refractivity contribution in [1.82, 2.24) is 19.8 Å². The minimum atomic E-state index is 0.0116. The molecule has 0 bridgehead atoms. The lowest BCUT2D eigenvalue weighted by molar-refractivity contribution is 0.384. The smallest absolute Gasteiger partial charge is 0.331 e. The molecule has 5 heteroatoms. The van der Waals surface area contributed by atoms with Crippen LogP contribution in [0.15, 0.2) is 78.8 Å². The van der Waals surface area contributed by atoms with E-state index < -0.39 is 0 Å². The first-order valence-electron chi connectivity index (χ1n) is 11.4. The molecule has 0 aromatic carbocycles. The topological polar surface area (TPSA) is 41.9 Å². The van der Waals surface area contributed by atoms with Crippen molar-refractivity contribution in [3.63, 3.8) is 0 Å². The molecule has 1 saturated carbocycles. The average molecular weight is 410 g/mol. The monoisotopic (exact) mass is 410 g/mol. The Morgan fingerprint density at radius 1 is 0.839 bits per heavy atom. The largest absolute Gasteiger partial charge is 0.333 e. The van der Waals surface area contributed by atoms with Crippen molar-refractivity contribution < 1.29 is 0 Å². The zero-order valence-corrected chi connectivity index (χ0v) is 18.6. The van der Waals surface area contributed by atoms with Crippen LogP contribution in [0.3, 0.4) is 0 Å². The van der Waals surface area contributed by atoms with E-state index in [0.717, 1.165) is 23.4 Å². The van der Waals surface area contributed by atoms with Gasteiger partial charge in [0.15, 0.2) is 0 Å². The number of pyridine rings is 3. The zero-order chi connectivity index (χ0) is 21.5. The molecule has 1 fully saturated rings. The molecule has 4 nitrogen and oxygen atoms in total. The fourth-order valence-corrected chi connectivity index (χ4v) is 4.79. The van der Waals surface area contributed by atoms with Crippen LogP contribution in [0, 0.1) is 5.92 Å². The van der Waals surface area contributed by atoms with Gasteiger partial charge in [-0.1, -0.05) is 37.5 Å². The Kier molecular flexibility index (Phi) is 7.26. The highest BCUT2D eigenvalue weighted by atomic mass is 15.0. The normalized spacial score (nSPS) is 15.6. The van der Waals surface area contributed by atoms with Gasteiger partial charge in [-0.2, -0.15) is 0 Å². The lowest BCUT2D eigenvalue weighted by Crippen LogP contribution is -2.57. The van der Waals surface area contributed by atoms with Crippen molar-refractivity contribution in [2.24, 2.45) is 5.92 Å². The molecule has 1 aliphatic rings. The zero-order valence-electron chi connectivity index (χ0n) is 18.6. The number of hydrogen-bond donors (Lipinski definition) is 0. The molecule has 31 heavy (non-hydrogen) atoms. The highest BCUT2D eigenvalue weighted by Crippen LogP contribution is 2.34. The van der Waals surface area contributed by atoms with Gasteiger partial charge in [-0.25, -0.2) is 0 Å². The Labute approximate surface area is 186 Å². The SMILES string of the molecule is C/C(=C(\CN(C)B(c1ccccn1)c1ccccn1)C1CCCCC1)c1ccccn1. The van der Waals surface area contributed by atoms with E-state index in [0.29, 0.717) is 5.92 Å². The summed E-state index contributed by atoms with van der Waals surface area (Å²) in [5.74, 6) is 0.617. The maximum absolute atomic E-state index is 4.69. The van der Waals surface area contributed by atoms with Crippen LogP contribution in [-0.2, 0) is 0 Å². The number of nitrogens with zero attached hydrogens (tertiary/aromatic N) is 4. The van der Waals surface area contributed by atoms with E-state index in [-0.39, 0.29) is 6.85 Å². The van der Waals surface area contributed by atoms with Crippen molar-refractivity contribution in [1.29, 1.82) is 0 Å². The molecule has 1 aliphatic carbocycles. The van der Waals surface area contributed by atoms with Gasteiger partial charge in [0.2, 0.25) is 0 Å². The summed E-state index contributed by atoms with van der Waals surface area (Å²) in [7, 11) is 2.20. The number of hydrogen-bond acceptors (Lipinski definition) is 4. The summed E-state index contributed by atoms with van der Waals surface area (Å²) >= 11 is 0. The molecule has 158 valence electrons. The summed E-state index contributed by atoms with van der Waals surface area (Å²) in [6.45, 7) is 3.14. The van der Waals surface area contributed by atoms with E-state index >= 15 is 0 Å². The minimum absolute atomic E-state index is 0.0116. The highest BCUT2D eigenvalue weighted by molar-refractivity contribution is 6.81. The fraction of sp³-hybridized carbons (Fsp3) is 0.346. The van der Waals surface area contributed by atoms with E-state index in [2.05, 4.69) is 70.1 Å².